The molecule has 34 heavy (non-hydrogen) atoms. The first kappa shape index (κ1) is 19.4. The first-order chi connectivity index (χ1) is 16.9. The van der Waals surface area contributed by atoms with Gasteiger partial charge in [-0.15, -0.1) is 0 Å². The maximum Gasteiger partial charge on any atom is 0.0500 e. The number of nitrogens with zero attached hydrogens (tertiary/aromatic N) is 1. The van der Waals surface area contributed by atoms with Crippen molar-refractivity contribution in [3.8, 4) is 0 Å². The van der Waals surface area contributed by atoms with E-state index in [-0.39, 0.29) is 11.8 Å². The fraction of sp³-hybridized carbons (Fsp3) is 0.0909. The molecule has 0 fully saturated rings. The van der Waals surface area contributed by atoms with Crippen LogP contribution in [0.15, 0.2) is 127 Å². The van der Waals surface area contributed by atoms with E-state index in [1.165, 1.54) is 50.4 Å². The molecule has 1 aliphatic heterocycles. The first-order valence-corrected chi connectivity index (χ1v) is 12.1. The molecule has 1 aliphatic carbocycles. The second kappa shape index (κ2) is 7.74. The number of hydrogen-bond acceptors (Lipinski definition) is 1. The molecule has 1 nitrogen and oxygen atoms in total. The van der Waals surface area contributed by atoms with Crippen LogP contribution in [0.5, 0.6) is 0 Å². The summed E-state index contributed by atoms with van der Waals surface area (Å²) < 4.78 is 0. The molecule has 0 bridgehead atoms. The predicted octanol–water partition coefficient (Wildman–Crippen LogP) is 8.34. The van der Waals surface area contributed by atoms with Crippen LogP contribution in [0, 0.1) is 0 Å². The summed E-state index contributed by atoms with van der Waals surface area (Å²) >= 11 is 0. The second-order valence-corrected chi connectivity index (χ2v) is 9.32. The first-order valence-electron chi connectivity index (χ1n) is 12.1. The van der Waals surface area contributed by atoms with Gasteiger partial charge >= 0.3 is 0 Å². The molecule has 162 valence electrons. The van der Waals surface area contributed by atoms with Crippen LogP contribution in [0.4, 0.5) is 17.1 Å². The summed E-state index contributed by atoms with van der Waals surface area (Å²) in [6, 6.07) is 46.8. The Morgan fingerprint density at radius 3 is 1.38 bits per heavy atom. The van der Waals surface area contributed by atoms with Crippen LogP contribution in [0.1, 0.15) is 45.2 Å². The summed E-state index contributed by atoms with van der Waals surface area (Å²) in [5.41, 5.74) is 12.4. The Balaban J connectivity index is 1.52. The van der Waals surface area contributed by atoms with E-state index in [4.69, 9.17) is 0 Å². The molecule has 0 unspecified atom stereocenters. The highest BCUT2D eigenvalue weighted by molar-refractivity contribution is 5.85. The van der Waals surface area contributed by atoms with Crippen molar-refractivity contribution in [1.29, 1.82) is 0 Å². The zero-order valence-electron chi connectivity index (χ0n) is 18.9. The van der Waals surface area contributed by atoms with Crippen molar-refractivity contribution in [2.24, 2.45) is 0 Å². The minimum Gasteiger partial charge on any atom is -0.310 e. The summed E-state index contributed by atoms with van der Waals surface area (Å²) in [5.74, 6) is 0.524. The molecule has 7 rings (SSSR count). The SMILES string of the molecule is c1ccc(N2c3ccccc3C(C3c4ccccc4Cc4ccccc43)c3ccccc32)cc1. The predicted molar refractivity (Wildman–Crippen MR) is 141 cm³/mol. The Morgan fingerprint density at radius 2 is 0.824 bits per heavy atom. The molecule has 0 amide bonds. The number of hydrogen-bond donors (Lipinski definition) is 0. The van der Waals surface area contributed by atoms with E-state index in [1.54, 1.807) is 0 Å². The van der Waals surface area contributed by atoms with Crippen LogP contribution < -0.4 is 4.90 Å². The fourth-order valence-electron chi connectivity index (χ4n) is 6.15. The summed E-state index contributed by atoms with van der Waals surface area (Å²) in [5, 5.41) is 0. The highest BCUT2D eigenvalue weighted by Crippen LogP contribution is 2.56. The van der Waals surface area contributed by atoms with Crippen LogP contribution in [0.25, 0.3) is 0 Å². The summed E-state index contributed by atoms with van der Waals surface area (Å²) in [4.78, 5) is 2.43. The largest absolute Gasteiger partial charge is 0.310 e. The Morgan fingerprint density at radius 1 is 0.412 bits per heavy atom. The maximum absolute atomic E-state index is 2.43. The van der Waals surface area contributed by atoms with E-state index >= 15 is 0 Å². The number of benzene rings is 5. The van der Waals surface area contributed by atoms with Crippen LogP contribution in [-0.2, 0) is 6.42 Å². The van der Waals surface area contributed by atoms with Crippen LogP contribution >= 0.6 is 0 Å². The molecule has 0 N–H and O–H groups in total. The van der Waals surface area contributed by atoms with Gasteiger partial charge in [0.05, 0.1) is 0 Å². The third kappa shape index (κ3) is 2.87. The van der Waals surface area contributed by atoms with Gasteiger partial charge in [0.1, 0.15) is 0 Å². The smallest absolute Gasteiger partial charge is 0.0500 e. The average Bonchev–Trinajstić information content (AvgIpc) is 2.91. The Kier molecular flexibility index (Phi) is 4.41. The Hall–Kier alpha value is -4.10. The molecule has 5 aromatic carbocycles. The highest BCUT2D eigenvalue weighted by Gasteiger charge is 2.39. The minimum absolute atomic E-state index is 0.245. The van der Waals surface area contributed by atoms with Gasteiger partial charge in [-0.1, -0.05) is 103 Å². The molecule has 0 saturated heterocycles. The number of fused-ring (bicyclic) bond motifs is 4. The minimum atomic E-state index is 0.245. The summed E-state index contributed by atoms with van der Waals surface area (Å²) in [7, 11) is 0. The second-order valence-electron chi connectivity index (χ2n) is 9.32. The molecule has 0 spiro atoms. The van der Waals surface area contributed by atoms with Gasteiger partial charge in [0.25, 0.3) is 0 Å². The summed E-state index contributed by atoms with van der Waals surface area (Å²) in [6.45, 7) is 0. The number of para-hydroxylation sites is 3. The van der Waals surface area contributed by atoms with Gasteiger partial charge in [-0.05, 0) is 64.1 Å². The molecule has 0 saturated carbocycles. The van der Waals surface area contributed by atoms with E-state index in [2.05, 4.69) is 132 Å². The lowest BCUT2D eigenvalue weighted by atomic mass is 9.66. The molecule has 1 heteroatoms. The van der Waals surface area contributed by atoms with E-state index in [1.807, 2.05) is 0 Å². The van der Waals surface area contributed by atoms with Crippen molar-refractivity contribution >= 4 is 17.1 Å². The monoisotopic (exact) mass is 435 g/mol. The molecule has 0 radical (unpaired) electrons. The van der Waals surface area contributed by atoms with E-state index in [0.717, 1.165) is 6.42 Å². The zero-order chi connectivity index (χ0) is 22.5. The van der Waals surface area contributed by atoms with Crippen molar-refractivity contribution in [3.63, 3.8) is 0 Å². The molecular formula is C33H25N. The van der Waals surface area contributed by atoms with Gasteiger partial charge in [-0.3, -0.25) is 0 Å². The van der Waals surface area contributed by atoms with Crippen LogP contribution in [-0.4, -0.2) is 0 Å². The fourth-order valence-corrected chi connectivity index (χ4v) is 6.15. The van der Waals surface area contributed by atoms with Gasteiger partial charge in [-0.25, -0.2) is 0 Å². The zero-order valence-corrected chi connectivity index (χ0v) is 18.9. The molecule has 1 heterocycles. The van der Waals surface area contributed by atoms with E-state index in [0.29, 0.717) is 0 Å². The van der Waals surface area contributed by atoms with Crippen molar-refractivity contribution in [2.45, 2.75) is 18.3 Å². The lowest BCUT2D eigenvalue weighted by Gasteiger charge is -2.42. The Bertz CT molecular complexity index is 1410. The van der Waals surface area contributed by atoms with Gasteiger partial charge < -0.3 is 4.90 Å². The van der Waals surface area contributed by atoms with Gasteiger partial charge in [0, 0.05) is 28.9 Å². The lowest BCUT2D eigenvalue weighted by Crippen LogP contribution is -2.27. The molecule has 2 aliphatic rings. The normalized spacial score (nSPS) is 14.6. The van der Waals surface area contributed by atoms with E-state index in [9.17, 15) is 0 Å². The highest BCUT2D eigenvalue weighted by atomic mass is 15.2. The quantitative estimate of drug-likeness (QED) is 0.269. The standard InChI is InChI=1S/C33H25N/c1-2-14-25(15-3-1)34-30-20-10-8-18-28(30)33(29-19-9-11-21-31(29)34)32-26-16-6-4-12-23(26)22-24-13-5-7-17-27(24)32/h1-21,32-33H,22H2. The molecule has 0 aromatic heterocycles. The van der Waals surface area contributed by atoms with Crippen molar-refractivity contribution < 1.29 is 0 Å². The van der Waals surface area contributed by atoms with Gasteiger partial charge in [-0.2, -0.15) is 0 Å². The third-order valence-corrected chi connectivity index (χ3v) is 7.53. The number of rotatable bonds is 2. The average molecular weight is 436 g/mol. The van der Waals surface area contributed by atoms with Gasteiger partial charge in [0.15, 0.2) is 0 Å². The third-order valence-electron chi connectivity index (χ3n) is 7.53. The van der Waals surface area contributed by atoms with Crippen molar-refractivity contribution in [3.05, 3.63) is 161 Å². The number of anilines is 3. The maximum atomic E-state index is 2.43. The Labute approximate surface area is 201 Å². The van der Waals surface area contributed by atoms with Crippen molar-refractivity contribution in [2.75, 3.05) is 4.90 Å². The van der Waals surface area contributed by atoms with E-state index < -0.39 is 0 Å². The molecule has 0 atom stereocenters. The summed E-state index contributed by atoms with van der Waals surface area (Å²) in [6.07, 6.45) is 1.01. The lowest BCUT2D eigenvalue weighted by molar-refractivity contribution is 0.662. The molecular weight excluding hydrogens is 410 g/mol. The topological polar surface area (TPSA) is 3.24 Å². The van der Waals surface area contributed by atoms with Crippen LogP contribution in [0.2, 0.25) is 0 Å². The van der Waals surface area contributed by atoms with Gasteiger partial charge in [0.2, 0.25) is 0 Å². The van der Waals surface area contributed by atoms with Crippen molar-refractivity contribution in [1.82, 2.24) is 0 Å². The van der Waals surface area contributed by atoms with Crippen LogP contribution in [0.3, 0.4) is 0 Å². The molecule has 5 aromatic rings.